The van der Waals surface area contributed by atoms with Gasteiger partial charge in [-0.1, -0.05) is 206 Å². The summed E-state index contributed by atoms with van der Waals surface area (Å²) in [6.45, 7) is 0. The highest BCUT2D eigenvalue weighted by Gasteiger charge is 2.41. The normalized spacial score (nSPS) is 12.0. The standard InChI is InChI=1S/C64H42N4SSi/c1-4-19-45(20-5-1)70(46-21-6-2-7-22-46,47-23-8-3-9-24-47)48-38-35-43(36-39-48)56-42-57(54-30-18-29-53-52-28-13-17-34-62(52)69-63(53)54)66-64(65-56)68-60-33-16-12-27-51(60)55-41-44(37-40-61(55)68)67-58-31-14-10-25-49(58)50-26-11-15-32-59(50)67/h1-42H. The van der Waals surface area contributed by atoms with E-state index in [1.165, 1.54) is 62.7 Å². The number of benzene rings is 10. The Balaban J connectivity index is 0.996. The summed E-state index contributed by atoms with van der Waals surface area (Å²) in [7, 11) is -2.74. The van der Waals surface area contributed by atoms with E-state index in [1.807, 2.05) is 11.3 Å². The van der Waals surface area contributed by atoms with Crippen molar-refractivity contribution in [3.63, 3.8) is 0 Å². The number of rotatable bonds is 8. The number of nitrogens with zero attached hydrogens (tertiary/aromatic N) is 4. The monoisotopic (exact) mass is 926 g/mol. The molecule has 0 unspecified atom stereocenters. The van der Waals surface area contributed by atoms with E-state index in [-0.39, 0.29) is 0 Å². The third-order valence-corrected chi connectivity index (χ3v) is 20.3. The predicted octanol–water partition coefficient (Wildman–Crippen LogP) is 13.8. The molecule has 0 fully saturated rings. The molecule has 0 aliphatic heterocycles. The first-order valence-corrected chi connectivity index (χ1v) is 26.6. The number of fused-ring (bicyclic) bond motifs is 9. The van der Waals surface area contributed by atoms with E-state index < -0.39 is 8.07 Å². The summed E-state index contributed by atoms with van der Waals surface area (Å²) < 4.78 is 7.15. The second kappa shape index (κ2) is 16.2. The molecule has 0 bridgehead atoms. The fourth-order valence-electron chi connectivity index (χ4n) is 11.2. The molecule has 14 rings (SSSR count). The van der Waals surface area contributed by atoms with Gasteiger partial charge in [0, 0.05) is 58.5 Å². The average molecular weight is 927 g/mol. The van der Waals surface area contributed by atoms with Crippen molar-refractivity contribution >= 4 is 104 Å². The Labute approximate surface area is 409 Å². The molecule has 0 atom stereocenters. The van der Waals surface area contributed by atoms with Gasteiger partial charge in [-0.25, -0.2) is 9.97 Å². The van der Waals surface area contributed by atoms with E-state index in [4.69, 9.17) is 9.97 Å². The van der Waals surface area contributed by atoms with Crippen molar-refractivity contribution < 1.29 is 0 Å². The van der Waals surface area contributed by atoms with Crippen LogP contribution >= 0.6 is 11.3 Å². The molecule has 328 valence electrons. The smallest absolute Gasteiger partial charge is 0.235 e. The fraction of sp³-hybridized carbons (Fsp3) is 0. The Morgan fingerprint density at radius 1 is 0.329 bits per heavy atom. The van der Waals surface area contributed by atoms with Crippen molar-refractivity contribution in [1.29, 1.82) is 0 Å². The zero-order chi connectivity index (χ0) is 46.2. The van der Waals surface area contributed by atoms with Gasteiger partial charge in [0.1, 0.15) is 0 Å². The van der Waals surface area contributed by atoms with Gasteiger partial charge < -0.3 is 4.57 Å². The number of thiophene rings is 1. The minimum Gasteiger partial charge on any atom is -0.309 e. The maximum Gasteiger partial charge on any atom is 0.235 e. The summed E-state index contributed by atoms with van der Waals surface area (Å²) in [5.74, 6) is 0.632. The third kappa shape index (κ3) is 6.20. The molecule has 6 heteroatoms. The van der Waals surface area contributed by atoms with Crippen molar-refractivity contribution in [3.05, 3.63) is 255 Å². The van der Waals surface area contributed by atoms with Crippen LogP contribution in [0.1, 0.15) is 0 Å². The van der Waals surface area contributed by atoms with Crippen LogP contribution in [-0.4, -0.2) is 27.2 Å². The van der Waals surface area contributed by atoms with Crippen LogP contribution in [0.2, 0.25) is 0 Å². The third-order valence-electron chi connectivity index (χ3n) is 14.3. The molecular weight excluding hydrogens is 885 g/mol. The van der Waals surface area contributed by atoms with E-state index in [0.717, 1.165) is 50.0 Å². The largest absolute Gasteiger partial charge is 0.309 e. The first-order valence-electron chi connectivity index (χ1n) is 23.8. The average Bonchev–Trinajstić information content (AvgIpc) is 4.10. The summed E-state index contributed by atoms with van der Waals surface area (Å²) in [5.41, 5.74) is 9.46. The van der Waals surface area contributed by atoms with E-state index in [1.54, 1.807) is 0 Å². The van der Waals surface area contributed by atoms with Gasteiger partial charge in [-0.05, 0) is 69.3 Å². The van der Waals surface area contributed by atoms with Gasteiger partial charge in [-0.2, -0.15) is 0 Å². The van der Waals surface area contributed by atoms with Crippen LogP contribution in [0.5, 0.6) is 0 Å². The molecule has 0 saturated carbocycles. The molecule has 4 heterocycles. The highest BCUT2D eigenvalue weighted by Crippen LogP contribution is 2.41. The van der Waals surface area contributed by atoms with Crippen LogP contribution in [0, 0.1) is 0 Å². The van der Waals surface area contributed by atoms with E-state index >= 15 is 0 Å². The van der Waals surface area contributed by atoms with E-state index in [2.05, 4.69) is 264 Å². The summed E-state index contributed by atoms with van der Waals surface area (Å²) in [4.78, 5) is 11.2. The highest BCUT2D eigenvalue weighted by molar-refractivity contribution is 7.26. The first kappa shape index (κ1) is 40.4. The Morgan fingerprint density at radius 3 is 1.41 bits per heavy atom. The van der Waals surface area contributed by atoms with Crippen LogP contribution in [0.4, 0.5) is 0 Å². The predicted molar refractivity (Wildman–Crippen MR) is 298 cm³/mol. The molecule has 4 nitrogen and oxygen atoms in total. The van der Waals surface area contributed by atoms with Gasteiger partial charge in [-0.15, -0.1) is 11.3 Å². The summed E-state index contributed by atoms with van der Waals surface area (Å²) in [6, 6.07) is 93.1. The fourth-order valence-corrected chi connectivity index (χ4v) is 17.2. The molecule has 0 saturated heterocycles. The quantitative estimate of drug-likeness (QED) is 0.112. The minimum absolute atomic E-state index is 0.632. The molecule has 70 heavy (non-hydrogen) atoms. The maximum atomic E-state index is 5.58. The van der Waals surface area contributed by atoms with Gasteiger partial charge in [0.05, 0.1) is 33.5 Å². The van der Waals surface area contributed by atoms with Gasteiger partial charge >= 0.3 is 0 Å². The minimum atomic E-state index is -2.74. The number of para-hydroxylation sites is 3. The second-order valence-electron chi connectivity index (χ2n) is 18.1. The Kier molecular flexibility index (Phi) is 9.37. The van der Waals surface area contributed by atoms with Crippen LogP contribution in [0.3, 0.4) is 0 Å². The molecule has 4 aromatic heterocycles. The molecule has 0 amide bonds. The second-order valence-corrected chi connectivity index (χ2v) is 22.9. The SMILES string of the molecule is c1ccc([Si](c2ccccc2)(c2ccccc2)c2ccc(-c3cc(-c4cccc5c4sc4ccccc45)nc(-n4c5ccccc5c5cc(-n6c7ccccc7c7ccccc76)ccc54)n3)cc2)cc1. The number of aromatic nitrogens is 4. The van der Waals surface area contributed by atoms with Crippen LogP contribution in [0.25, 0.3) is 97.9 Å². The van der Waals surface area contributed by atoms with Gasteiger partial charge in [0.25, 0.3) is 0 Å². The van der Waals surface area contributed by atoms with E-state index in [0.29, 0.717) is 5.95 Å². The van der Waals surface area contributed by atoms with Gasteiger partial charge in [0.15, 0.2) is 8.07 Å². The van der Waals surface area contributed by atoms with Crippen LogP contribution in [-0.2, 0) is 0 Å². The molecule has 14 aromatic rings. The molecule has 0 aliphatic rings. The summed E-state index contributed by atoms with van der Waals surface area (Å²) in [5, 5.41) is 12.6. The summed E-state index contributed by atoms with van der Waals surface area (Å²) >= 11 is 1.83. The lowest BCUT2D eigenvalue weighted by molar-refractivity contribution is 0.996. The molecule has 10 aromatic carbocycles. The molecule has 0 aliphatic carbocycles. The Bertz CT molecular complexity index is 4140. The lowest BCUT2D eigenvalue weighted by Crippen LogP contribution is -2.74. The van der Waals surface area contributed by atoms with Crippen molar-refractivity contribution in [2.75, 3.05) is 0 Å². The molecule has 0 N–H and O–H groups in total. The highest BCUT2D eigenvalue weighted by atomic mass is 32.1. The van der Waals surface area contributed by atoms with Crippen LogP contribution < -0.4 is 20.7 Å². The number of hydrogen-bond acceptors (Lipinski definition) is 3. The van der Waals surface area contributed by atoms with Crippen molar-refractivity contribution in [3.8, 4) is 34.2 Å². The zero-order valence-electron chi connectivity index (χ0n) is 37.9. The lowest BCUT2D eigenvalue weighted by Gasteiger charge is -2.34. The van der Waals surface area contributed by atoms with Crippen LogP contribution in [0.15, 0.2) is 255 Å². The van der Waals surface area contributed by atoms with Crippen molar-refractivity contribution in [2.45, 2.75) is 0 Å². The zero-order valence-corrected chi connectivity index (χ0v) is 39.8. The number of hydrogen-bond donors (Lipinski definition) is 0. The van der Waals surface area contributed by atoms with Crippen molar-refractivity contribution in [1.82, 2.24) is 19.1 Å². The first-order chi connectivity index (χ1) is 34.7. The Morgan fingerprint density at radius 2 is 0.800 bits per heavy atom. The van der Waals surface area contributed by atoms with E-state index in [9.17, 15) is 0 Å². The molecule has 0 radical (unpaired) electrons. The van der Waals surface area contributed by atoms with Gasteiger partial charge in [-0.3, -0.25) is 4.57 Å². The van der Waals surface area contributed by atoms with Crippen molar-refractivity contribution in [2.24, 2.45) is 0 Å². The lowest BCUT2D eigenvalue weighted by atomic mass is 10.0. The molecule has 0 spiro atoms. The Hall–Kier alpha value is -8.68. The summed E-state index contributed by atoms with van der Waals surface area (Å²) in [6.07, 6.45) is 0. The topological polar surface area (TPSA) is 35.6 Å². The van der Waals surface area contributed by atoms with Gasteiger partial charge in [0.2, 0.25) is 5.95 Å². The molecular formula is C64H42N4SSi. The maximum absolute atomic E-state index is 5.58.